The highest BCUT2D eigenvalue weighted by Crippen LogP contribution is 2.42. The molecular weight excluding hydrogens is 222 g/mol. The third-order valence-electron chi connectivity index (χ3n) is 4.22. The Morgan fingerprint density at radius 3 is 2.56 bits per heavy atom. The summed E-state index contributed by atoms with van der Waals surface area (Å²) in [5.41, 5.74) is 10.2. The first kappa shape index (κ1) is 13.6. The zero-order chi connectivity index (χ0) is 13.2. The number of nitrogens with two attached hydrogens (primary N) is 1. The van der Waals surface area contributed by atoms with Crippen LogP contribution in [-0.4, -0.2) is 12.2 Å². The van der Waals surface area contributed by atoms with Gasteiger partial charge in [0.2, 0.25) is 0 Å². The molecule has 1 aliphatic carbocycles. The molecule has 2 rings (SSSR count). The lowest BCUT2D eigenvalue weighted by molar-refractivity contribution is -0.0537. The van der Waals surface area contributed by atoms with Crippen molar-refractivity contribution in [3.8, 4) is 0 Å². The molecule has 0 amide bonds. The van der Waals surface area contributed by atoms with Gasteiger partial charge in [-0.3, -0.25) is 0 Å². The molecule has 0 heterocycles. The molecule has 0 bridgehead atoms. The average molecular weight is 247 g/mol. The van der Waals surface area contributed by atoms with E-state index in [1.54, 1.807) is 0 Å². The molecule has 2 N–H and O–H groups in total. The fourth-order valence-corrected chi connectivity index (χ4v) is 3.18. The molecule has 0 radical (unpaired) electrons. The first-order valence-electron chi connectivity index (χ1n) is 7.06. The van der Waals surface area contributed by atoms with Gasteiger partial charge >= 0.3 is 0 Å². The molecule has 100 valence electrons. The Labute approximate surface area is 111 Å². The van der Waals surface area contributed by atoms with Crippen LogP contribution in [0.4, 0.5) is 0 Å². The number of rotatable bonds is 4. The zero-order valence-corrected chi connectivity index (χ0v) is 11.8. The van der Waals surface area contributed by atoms with Gasteiger partial charge in [-0.25, -0.2) is 0 Å². The van der Waals surface area contributed by atoms with Crippen LogP contribution in [0.1, 0.15) is 55.3 Å². The predicted molar refractivity (Wildman–Crippen MR) is 75.7 cm³/mol. The van der Waals surface area contributed by atoms with E-state index in [9.17, 15) is 0 Å². The van der Waals surface area contributed by atoms with Gasteiger partial charge in [-0.2, -0.15) is 0 Å². The van der Waals surface area contributed by atoms with Crippen molar-refractivity contribution in [2.75, 3.05) is 6.61 Å². The van der Waals surface area contributed by atoms with Crippen LogP contribution in [0.5, 0.6) is 0 Å². The van der Waals surface area contributed by atoms with Crippen LogP contribution in [-0.2, 0) is 4.74 Å². The van der Waals surface area contributed by atoms with E-state index < -0.39 is 0 Å². The van der Waals surface area contributed by atoms with Crippen LogP contribution >= 0.6 is 0 Å². The van der Waals surface area contributed by atoms with E-state index in [0.717, 1.165) is 19.4 Å². The van der Waals surface area contributed by atoms with E-state index in [-0.39, 0.29) is 11.6 Å². The van der Waals surface area contributed by atoms with Gasteiger partial charge in [0, 0.05) is 6.61 Å². The van der Waals surface area contributed by atoms with E-state index in [2.05, 4.69) is 39.0 Å². The quantitative estimate of drug-likeness (QED) is 0.881. The maximum Gasteiger partial charge on any atom is 0.0874 e. The number of aryl methyl sites for hydroxylation is 2. The lowest BCUT2D eigenvalue weighted by Gasteiger charge is -2.36. The Morgan fingerprint density at radius 1 is 1.28 bits per heavy atom. The minimum absolute atomic E-state index is 0.000139. The van der Waals surface area contributed by atoms with Crippen LogP contribution in [0.2, 0.25) is 0 Å². The van der Waals surface area contributed by atoms with Crippen LogP contribution in [0.15, 0.2) is 18.2 Å². The number of hydrogen-bond donors (Lipinski definition) is 1. The van der Waals surface area contributed by atoms with Crippen molar-refractivity contribution < 1.29 is 4.74 Å². The molecule has 1 aromatic rings. The second-order valence-corrected chi connectivity index (χ2v) is 5.54. The molecule has 1 aliphatic rings. The highest BCUT2D eigenvalue weighted by Gasteiger charge is 2.41. The summed E-state index contributed by atoms with van der Waals surface area (Å²) in [5.74, 6) is 0. The molecule has 1 unspecified atom stereocenters. The molecule has 1 saturated carbocycles. The standard InChI is InChI=1S/C16H25NO/c1-4-18-16(9-5-6-10-16)15(17)14-11-12(2)7-8-13(14)3/h7-8,11,15H,4-6,9-10,17H2,1-3H3. The Hall–Kier alpha value is -0.860. The monoisotopic (exact) mass is 247 g/mol. The van der Waals surface area contributed by atoms with Crippen molar-refractivity contribution in [2.45, 2.75) is 58.1 Å². The third kappa shape index (κ3) is 2.45. The minimum atomic E-state index is -0.132. The van der Waals surface area contributed by atoms with Crippen molar-refractivity contribution >= 4 is 0 Å². The van der Waals surface area contributed by atoms with Gasteiger partial charge in [-0.1, -0.05) is 36.6 Å². The Morgan fingerprint density at radius 2 is 1.94 bits per heavy atom. The summed E-state index contributed by atoms with van der Waals surface area (Å²) in [6, 6.07) is 6.53. The van der Waals surface area contributed by atoms with Gasteiger partial charge < -0.3 is 10.5 Å². The van der Waals surface area contributed by atoms with Gasteiger partial charge in [-0.15, -0.1) is 0 Å². The van der Waals surface area contributed by atoms with E-state index >= 15 is 0 Å². The van der Waals surface area contributed by atoms with E-state index in [1.165, 1.54) is 29.5 Å². The summed E-state index contributed by atoms with van der Waals surface area (Å²) in [4.78, 5) is 0. The fraction of sp³-hybridized carbons (Fsp3) is 0.625. The van der Waals surface area contributed by atoms with Crippen LogP contribution < -0.4 is 5.73 Å². The van der Waals surface area contributed by atoms with Gasteiger partial charge in [-0.05, 0) is 44.7 Å². The van der Waals surface area contributed by atoms with Crippen LogP contribution in [0.25, 0.3) is 0 Å². The normalized spacial score (nSPS) is 20.0. The van der Waals surface area contributed by atoms with Gasteiger partial charge in [0.15, 0.2) is 0 Å². The molecule has 1 atom stereocenters. The second kappa shape index (κ2) is 5.41. The Balaban J connectivity index is 2.33. The van der Waals surface area contributed by atoms with Crippen molar-refractivity contribution in [2.24, 2.45) is 5.73 Å². The lowest BCUT2D eigenvalue weighted by Crippen LogP contribution is -2.41. The molecule has 0 saturated heterocycles. The first-order valence-corrected chi connectivity index (χ1v) is 7.06. The Bertz CT molecular complexity index is 408. The first-order chi connectivity index (χ1) is 8.59. The summed E-state index contributed by atoms with van der Waals surface area (Å²) < 4.78 is 6.08. The minimum Gasteiger partial charge on any atom is -0.373 e. The number of benzene rings is 1. The summed E-state index contributed by atoms with van der Waals surface area (Å²) in [7, 11) is 0. The Kier molecular flexibility index (Phi) is 4.08. The van der Waals surface area contributed by atoms with Crippen molar-refractivity contribution in [1.82, 2.24) is 0 Å². The van der Waals surface area contributed by atoms with Gasteiger partial charge in [0.05, 0.1) is 11.6 Å². The molecule has 1 aromatic carbocycles. The molecule has 0 spiro atoms. The number of hydrogen-bond acceptors (Lipinski definition) is 2. The molecule has 0 aromatic heterocycles. The van der Waals surface area contributed by atoms with E-state index in [1.807, 2.05) is 0 Å². The molecular formula is C16H25NO. The summed E-state index contributed by atoms with van der Waals surface area (Å²) >= 11 is 0. The van der Waals surface area contributed by atoms with Gasteiger partial charge in [0.1, 0.15) is 0 Å². The highest BCUT2D eigenvalue weighted by atomic mass is 16.5. The topological polar surface area (TPSA) is 35.2 Å². The van der Waals surface area contributed by atoms with Crippen LogP contribution in [0, 0.1) is 13.8 Å². The zero-order valence-electron chi connectivity index (χ0n) is 11.8. The fourth-order valence-electron chi connectivity index (χ4n) is 3.18. The smallest absolute Gasteiger partial charge is 0.0874 e. The maximum absolute atomic E-state index is 6.57. The van der Waals surface area contributed by atoms with Crippen LogP contribution in [0.3, 0.4) is 0 Å². The molecule has 18 heavy (non-hydrogen) atoms. The molecule has 0 aliphatic heterocycles. The maximum atomic E-state index is 6.57. The van der Waals surface area contributed by atoms with Crippen molar-refractivity contribution in [3.63, 3.8) is 0 Å². The largest absolute Gasteiger partial charge is 0.373 e. The SMILES string of the molecule is CCOC1(C(N)c2cc(C)ccc2C)CCCC1. The van der Waals surface area contributed by atoms with E-state index in [4.69, 9.17) is 10.5 Å². The van der Waals surface area contributed by atoms with E-state index in [0.29, 0.717) is 0 Å². The third-order valence-corrected chi connectivity index (χ3v) is 4.22. The molecule has 1 fully saturated rings. The van der Waals surface area contributed by atoms with Gasteiger partial charge in [0.25, 0.3) is 0 Å². The highest BCUT2D eigenvalue weighted by molar-refractivity contribution is 5.34. The molecule has 2 heteroatoms. The summed E-state index contributed by atoms with van der Waals surface area (Å²) in [6.45, 7) is 7.08. The van der Waals surface area contributed by atoms with Crippen molar-refractivity contribution in [3.05, 3.63) is 34.9 Å². The predicted octanol–water partition coefficient (Wildman–Crippen LogP) is 3.65. The lowest BCUT2D eigenvalue weighted by atomic mass is 9.85. The number of ether oxygens (including phenoxy) is 1. The summed E-state index contributed by atoms with van der Waals surface area (Å²) in [5, 5.41) is 0. The summed E-state index contributed by atoms with van der Waals surface area (Å²) in [6.07, 6.45) is 4.65. The average Bonchev–Trinajstić information content (AvgIpc) is 2.82. The van der Waals surface area contributed by atoms with Crippen molar-refractivity contribution in [1.29, 1.82) is 0 Å². The second-order valence-electron chi connectivity index (χ2n) is 5.54. The molecule has 2 nitrogen and oxygen atoms in total.